The highest BCUT2D eigenvalue weighted by Gasteiger charge is 2.16. The molecule has 1 unspecified atom stereocenters. The first-order valence-corrected chi connectivity index (χ1v) is 6.26. The molecule has 1 atom stereocenters. The highest BCUT2D eigenvalue weighted by molar-refractivity contribution is 5.23. The molecule has 2 aromatic carbocycles. The fraction of sp³-hybridized carbons (Fsp3) is 0.200. The second kappa shape index (κ2) is 6.54. The number of rotatable bonds is 5. The average molecular weight is 280 g/mol. The van der Waals surface area contributed by atoms with Crippen LogP contribution in [0.25, 0.3) is 0 Å². The maximum absolute atomic E-state index is 13.2. The molecule has 0 aromatic heterocycles. The summed E-state index contributed by atoms with van der Waals surface area (Å²) in [5, 5.41) is 0. The normalized spacial score (nSPS) is 12.4. The van der Waals surface area contributed by atoms with Crippen LogP contribution in [0.2, 0.25) is 0 Å². The van der Waals surface area contributed by atoms with Gasteiger partial charge in [-0.05, 0) is 36.1 Å². The van der Waals surface area contributed by atoms with Crippen molar-refractivity contribution in [3.63, 3.8) is 0 Å². The van der Waals surface area contributed by atoms with Crippen molar-refractivity contribution in [1.29, 1.82) is 0 Å². The molecule has 0 bridgehead atoms. The minimum absolute atomic E-state index is 0.292. The third kappa shape index (κ3) is 3.37. The van der Waals surface area contributed by atoms with E-state index in [1.165, 1.54) is 0 Å². The predicted molar refractivity (Wildman–Crippen MR) is 71.1 cm³/mol. The van der Waals surface area contributed by atoms with E-state index in [-0.39, 0.29) is 0 Å². The smallest absolute Gasteiger partial charge is 0.194 e. The molecule has 2 aromatic rings. The molecule has 3 N–H and O–H groups in total. The summed E-state index contributed by atoms with van der Waals surface area (Å²) in [6, 6.07) is 11.1. The number of hydrogen-bond acceptors (Lipinski definition) is 2. The van der Waals surface area contributed by atoms with E-state index in [1.807, 2.05) is 30.3 Å². The van der Waals surface area contributed by atoms with Gasteiger partial charge in [0.25, 0.3) is 0 Å². The minimum atomic E-state index is -1.47. The van der Waals surface area contributed by atoms with Gasteiger partial charge in [-0.15, -0.1) is 0 Å². The molecule has 0 heterocycles. The molecule has 0 spiro atoms. The van der Waals surface area contributed by atoms with Crippen molar-refractivity contribution < 1.29 is 13.2 Å². The largest absolute Gasteiger partial charge is 0.271 e. The number of nitrogens with one attached hydrogen (secondary N) is 1. The molecule has 5 heteroatoms. The van der Waals surface area contributed by atoms with Gasteiger partial charge >= 0.3 is 0 Å². The molecule has 0 radical (unpaired) electrons. The van der Waals surface area contributed by atoms with Crippen molar-refractivity contribution in [1.82, 2.24) is 5.43 Å². The van der Waals surface area contributed by atoms with Gasteiger partial charge in [-0.3, -0.25) is 11.3 Å². The summed E-state index contributed by atoms with van der Waals surface area (Å²) in [6.45, 7) is 0. The van der Waals surface area contributed by atoms with Crippen LogP contribution >= 0.6 is 0 Å². The quantitative estimate of drug-likeness (QED) is 0.501. The van der Waals surface area contributed by atoms with E-state index in [0.717, 1.165) is 17.7 Å². The molecule has 2 nitrogen and oxygen atoms in total. The van der Waals surface area contributed by atoms with Crippen molar-refractivity contribution in [2.75, 3.05) is 0 Å². The Morgan fingerprint density at radius 2 is 1.60 bits per heavy atom. The summed E-state index contributed by atoms with van der Waals surface area (Å²) in [5.41, 5.74) is 3.89. The number of hydrogen-bond donors (Lipinski definition) is 2. The first-order valence-electron chi connectivity index (χ1n) is 6.26. The van der Waals surface area contributed by atoms with E-state index >= 15 is 0 Å². The summed E-state index contributed by atoms with van der Waals surface area (Å²) >= 11 is 0. The first kappa shape index (κ1) is 14.6. The molecule has 0 aliphatic rings. The summed E-state index contributed by atoms with van der Waals surface area (Å²) < 4.78 is 39.4. The second-order valence-electron chi connectivity index (χ2n) is 4.54. The monoisotopic (exact) mass is 280 g/mol. The highest BCUT2D eigenvalue weighted by Crippen LogP contribution is 2.22. The Kier molecular flexibility index (Phi) is 4.76. The second-order valence-corrected chi connectivity index (χ2v) is 4.54. The van der Waals surface area contributed by atoms with Crippen molar-refractivity contribution in [2.45, 2.75) is 18.9 Å². The molecule has 0 aliphatic heterocycles. The maximum Gasteiger partial charge on any atom is 0.194 e. The van der Waals surface area contributed by atoms with Gasteiger partial charge in [-0.25, -0.2) is 13.2 Å². The Hall–Kier alpha value is -1.85. The van der Waals surface area contributed by atoms with Gasteiger partial charge in [0.1, 0.15) is 0 Å². The van der Waals surface area contributed by atoms with Gasteiger partial charge in [0.15, 0.2) is 17.5 Å². The Morgan fingerprint density at radius 1 is 1.00 bits per heavy atom. The number of hydrazine groups is 1. The third-order valence-corrected chi connectivity index (χ3v) is 3.17. The first-order chi connectivity index (χ1) is 9.61. The molecule has 106 valence electrons. The lowest BCUT2D eigenvalue weighted by Crippen LogP contribution is -2.28. The lowest BCUT2D eigenvalue weighted by Gasteiger charge is -2.16. The maximum atomic E-state index is 13.2. The van der Waals surface area contributed by atoms with Crippen LogP contribution in [0, 0.1) is 17.5 Å². The molecule has 0 saturated heterocycles. The van der Waals surface area contributed by atoms with Crippen LogP contribution in [0.1, 0.15) is 23.6 Å². The molecule has 0 fully saturated rings. The van der Waals surface area contributed by atoms with Gasteiger partial charge in [0.2, 0.25) is 0 Å². The van der Waals surface area contributed by atoms with Crippen molar-refractivity contribution in [3.05, 3.63) is 71.0 Å². The highest BCUT2D eigenvalue weighted by atomic mass is 19.2. The molecular weight excluding hydrogens is 265 g/mol. The van der Waals surface area contributed by atoms with Crippen molar-refractivity contribution in [2.24, 2.45) is 5.84 Å². The molecule has 0 saturated carbocycles. The molecular formula is C15H15F3N2. The Morgan fingerprint density at radius 3 is 2.15 bits per heavy atom. The SMILES string of the molecule is NNC(CCc1ccccc1)c1cc(F)c(F)c(F)c1. The number of halogens is 3. The van der Waals surface area contributed by atoms with Crippen LogP contribution in [0.5, 0.6) is 0 Å². The van der Waals surface area contributed by atoms with E-state index in [0.29, 0.717) is 18.4 Å². The predicted octanol–water partition coefficient (Wildman–Crippen LogP) is 3.24. The zero-order valence-electron chi connectivity index (χ0n) is 10.7. The lowest BCUT2D eigenvalue weighted by atomic mass is 9.99. The van der Waals surface area contributed by atoms with Crippen LogP contribution in [0.3, 0.4) is 0 Å². The van der Waals surface area contributed by atoms with E-state index in [1.54, 1.807) is 0 Å². The fourth-order valence-corrected chi connectivity index (χ4v) is 2.08. The van der Waals surface area contributed by atoms with Crippen LogP contribution < -0.4 is 11.3 Å². The topological polar surface area (TPSA) is 38.0 Å². The average Bonchev–Trinajstić information content (AvgIpc) is 2.46. The van der Waals surface area contributed by atoms with Crippen LogP contribution in [-0.2, 0) is 6.42 Å². The van der Waals surface area contributed by atoms with Crippen LogP contribution in [0.15, 0.2) is 42.5 Å². The molecule has 0 amide bonds. The van der Waals surface area contributed by atoms with E-state index in [4.69, 9.17) is 5.84 Å². The van der Waals surface area contributed by atoms with Gasteiger partial charge < -0.3 is 0 Å². The van der Waals surface area contributed by atoms with Crippen LogP contribution in [-0.4, -0.2) is 0 Å². The molecule has 0 aliphatic carbocycles. The Labute approximate surface area is 115 Å². The minimum Gasteiger partial charge on any atom is -0.271 e. The van der Waals surface area contributed by atoms with Gasteiger partial charge in [0.05, 0.1) is 0 Å². The number of nitrogens with two attached hydrogens (primary N) is 1. The summed E-state index contributed by atoms with van der Waals surface area (Å²) in [4.78, 5) is 0. The summed E-state index contributed by atoms with van der Waals surface area (Å²) in [5.74, 6) is 1.54. The van der Waals surface area contributed by atoms with Gasteiger partial charge in [-0.1, -0.05) is 30.3 Å². The molecule has 20 heavy (non-hydrogen) atoms. The number of benzene rings is 2. The van der Waals surface area contributed by atoms with Crippen LogP contribution in [0.4, 0.5) is 13.2 Å². The fourth-order valence-electron chi connectivity index (χ4n) is 2.08. The van der Waals surface area contributed by atoms with E-state index < -0.39 is 23.5 Å². The van der Waals surface area contributed by atoms with Gasteiger partial charge in [0, 0.05) is 6.04 Å². The summed E-state index contributed by atoms with van der Waals surface area (Å²) in [7, 11) is 0. The Bertz CT molecular complexity index is 550. The summed E-state index contributed by atoms with van der Waals surface area (Å²) in [6.07, 6.45) is 1.24. The van der Waals surface area contributed by atoms with E-state index in [9.17, 15) is 13.2 Å². The standard InChI is InChI=1S/C15H15F3N2/c16-12-8-11(9-13(17)15(12)18)14(20-19)7-6-10-4-2-1-3-5-10/h1-5,8-9,14,20H,6-7,19H2. The zero-order valence-corrected chi connectivity index (χ0v) is 10.7. The molecule has 2 rings (SSSR count). The van der Waals surface area contributed by atoms with Crippen molar-refractivity contribution >= 4 is 0 Å². The number of aryl methyl sites for hydroxylation is 1. The zero-order chi connectivity index (χ0) is 14.5. The lowest BCUT2D eigenvalue weighted by molar-refractivity contribution is 0.437. The van der Waals surface area contributed by atoms with E-state index in [2.05, 4.69) is 5.43 Å². The van der Waals surface area contributed by atoms with Crippen molar-refractivity contribution in [3.8, 4) is 0 Å². The third-order valence-electron chi connectivity index (χ3n) is 3.17. The Balaban J connectivity index is 2.12. The van der Waals surface area contributed by atoms with Gasteiger partial charge in [-0.2, -0.15) is 0 Å².